The summed E-state index contributed by atoms with van der Waals surface area (Å²) in [6.07, 6.45) is -3.93. The van der Waals surface area contributed by atoms with Crippen LogP contribution in [0.5, 0.6) is 0 Å². The third-order valence-electron chi connectivity index (χ3n) is 4.86. The standard InChI is InChI=1S/C14H18F3NO5/c1-21-11(20)12-5-13(6-12,7-12)18-10(19)4-22-8-2-9(3-8)23-14(15,16)17/h8-9H,2-7H2,1H3,(H,18,19). The van der Waals surface area contributed by atoms with Gasteiger partial charge in [0.05, 0.1) is 24.7 Å². The fourth-order valence-corrected chi connectivity index (χ4v) is 3.82. The summed E-state index contributed by atoms with van der Waals surface area (Å²) in [5.74, 6) is -0.557. The molecule has 0 aromatic heterocycles. The van der Waals surface area contributed by atoms with Crippen LogP contribution in [-0.2, 0) is 23.8 Å². The average Bonchev–Trinajstić information content (AvgIpc) is 2.32. The fourth-order valence-electron chi connectivity index (χ4n) is 3.82. The SMILES string of the molecule is COC(=O)C12CC(NC(=O)COC3CC(OC(F)(F)F)C3)(C1)C2. The minimum Gasteiger partial charge on any atom is -0.469 e. The maximum atomic E-state index is 12.0. The summed E-state index contributed by atoms with van der Waals surface area (Å²) in [5.41, 5.74) is -0.769. The molecular weight excluding hydrogens is 319 g/mol. The van der Waals surface area contributed by atoms with E-state index < -0.39 is 17.9 Å². The van der Waals surface area contributed by atoms with E-state index >= 15 is 0 Å². The van der Waals surface area contributed by atoms with E-state index in [2.05, 4.69) is 10.1 Å². The number of hydrogen-bond donors (Lipinski definition) is 1. The second kappa shape index (κ2) is 5.34. The van der Waals surface area contributed by atoms with Crippen molar-refractivity contribution < 1.29 is 37.0 Å². The lowest BCUT2D eigenvalue weighted by molar-refractivity contribution is -0.357. The van der Waals surface area contributed by atoms with Gasteiger partial charge in [-0.1, -0.05) is 0 Å². The summed E-state index contributed by atoms with van der Waals surface area (Å²) in [6.45, 7) is -0.198. The zero-order valence-corrected chi connectivity index (χ0v) is 12.6. The molecule has 4 saturated carbocycles. The molecule has 4 aliphatic rings. The van der Waals surface area contributed by atoms with Crippen LogP contribution < -0.4 is 5.32 Å². The topological polar surface area (TPSA) is 73.9 Å². The van der Waals surface area contributed by atoms with Gasteiger partial charge in [0.2, 0.25) is 5.91 Å². The molecule has 4 fully saturated rings. The quantitative estimate of drug-likeness (QED) is 0.739. The fraction of sp³-hybridized carbons (Fsp3) is 0.857. The van der Waals surface area contributed by atoms with E-state index in [0.717, 1.165) is 0 Å². The van der Waals surface area contributed by atoms with Gasteiger partial charge in [0.1, 0.15) is 6.61 Å². The smallest absolute Gasteiger partial charge is 0.469 e. The first kappa shape index (κ1) is 16.5. The number of hydrogen-bond acceptors (Lipinski definition) is 5. The van der Waals surface area contributed by atoms with Crippen LogP contribution in [-0.4, -0.2) is 49.7 Å². The van der Waals surface area contributed by atoms with Gasteiger partial charge in [-0.05, 0) is 19.3 Å². The summed E-state index contributed by atoms with van der Waals surface area (Å²) in [7, 11) is 1.34. The predicted molar refractivity (Wildman–Crippen MR) is 69.1 cm³/mol. The maximum absolute atomic E-state index is 12.0. The normalized spacial score (nSPS) is 37.9. The lowest BCUT2D eigenvalue weighted by Crippen LogP contribution is -2.77. The van der Waals surface area contributed by atoms with E-state index in [1.165, 1.54) is 7.11 Å². The summed E-state index contributed by atoms with van der Waals surface area (Å²) >= 11 is 0. The number of halogens is 3. The molecule has 4 aliphatic carbocycles. The molecule has 0 aromatic rings. The molecule has 2 bridgehead atoms. The largest absolute Gasteiger partial charge is 0.522 e. The van der Waals surface area contributed by atoms with Crippen LogP contribution in [0.2, 0.25) is 0 Å². The summed E-state index contributed by atoms with van der Waals surface area (Å²) in [4.78, 5) is 23.3. The van der Waals surface area contributed by atoms with Crippen molar-refractivity contribution in [3.63, 3.8) is 0 Å². The Morgan fingerprint density at radius 3 is 2.30 bits per heavy atom. The summed E-state index contributed by atoms with van der Waals surface area (Å²) in [5, 5.41) is 2.83. The molecule has 0 radical (unpaired) electrons. The van der Waals surface area contributed by atoms with E-state index in [-0.39, 0.29) is 43.0 Å². The van der Waals surface area contributed by atoms with E-state index in [1.54, 1.807) is 0 Å². The Morgan fingerprint density at radius 2 is 1.78 bits per heavy atom. The summed E-state index contributed by atoms with van der Waals surface area (Å²) in [6, 6.07) is 0. The van der Waals surface area contributed by atoms with Crippen LogP contribution >= 0.6 is 0 Å². The second-order valence-corrected chi connectivity index (χ2v) is 6.72. The zero-order valence-electron chi connectivity index (χ0n) is 12.6. The molecule has 9 heteroatoms. The van der Waals surface area contributed by atoms with E-state index in [0.29, 0.717) is 19.3 Å². The lowest BCUT2D eigenvalue weighted by Gasteiger charge is -2.68. The van der Waals surface area contributed by atoms with Crippen LogP contribution in [0, 0.1) is 5.41 Å². The van der Waals surface area contributed by atoms with Gasteiger partial charge in [0, 0.05) is 18.4 Å². The van der Waals surface area contributed by atoms with Crippen molar-refractivity contribution in [2.75, 3.05) is 13.7 Å². The van der Waals surface area contributed by atoms with E-state index in [1.807, 2.05) is 0 Å². The van der Waals surface area contributed by atoms with E-state index in [4.69, 9.17) is 9.47 Å². The second-order valence-electron chi connectivity index (χ2n) is 6.72. The Kier molecular flexibility index (Phi) is 3.83. The number of carbonyl (C=O) groups is 2. The zero-order chi connectivity index (χ0) is 16.9. The molecule has 1 N–H and O–H groups in total. The van der Waals surface area contributed by atoms with E-state index in [9.17, 15) is 22.8 Å². The van der Waals surface area contributed by atoms with Gasteiger partial charge in [-0.25, -0.2) is 0 Å². The lowest BCUT2D eigenvalue weighted by atomic mass is 9.39. The minimum atomic E-state index is -4.63. The maximum Gasteiger partial charge on any atom is 0.522 e. The van der Waals surface area contributed by atoms with Crippen molar-refractivity contribution in [2.24, 2.45) is 5.41 Å². The first-order valence-electron chi connectivity index (χ1n) is 7.41. The number of amides is 1. The van der Waals surface area contributed by atoms with Gasteiger partial charge in [0.15, 0.2) is 0 Å². The van der Waals surface area contributed by atoms with Crippen LogP contribution in [0.4, 0.5) is 13.2 Å². The molecule has 0 aromatic carbocycles. The highest BCUT2D eigenvalue weighted by atomic mass is 19.4. The monoisotopic (exact) mass is 337 g/mol. The first-order valence-corrected chi connectivity index (χ1v) is 7.41. The van der Waals surface area contributed by atoms with Gasteiger partial charge in [-0.2, -0.15) is 0 Å². The molecule has 0 heterocycles. The van der Waals surface area contributed by atoms with Crippen molar-refractivity contribution in [2.45, 2.75) is 56.2 Å². The predicted octanol–water partition coefficient (Wildman–Crippen LogP) is 1.28. The Balaban J connectivity index is 1.30. The Labute approximate surface area is 130 Å². The van der Waals surface area contributed by atoms with Crippen LogP contribution in [0.1, 0.15) is 32.1 Å². The summed E-state index contributed by atoms with van der Waals surface area (Å²) < 4.78 is 49.7. The molecule has 0 spiro atoms. The molecule has 1 amide bonds. The van der Waals surface area contributed by atoms with Crippen LogP contribution in [0.15, 0.2) is 0 Å². The highest BCUT2D eigenvalue weighted by molar-refractivity contribution is 5.85. The molecule has 0 atom stereocenters. The molecule has 0 aliphatic heterocycles. The Bertz CT molecular complexity index is 495. The number of nitrogens with one attached hydrogen (secondary N) is 1. The van der Waals surface area contributed by atoms with Gasteiger partial charge in [-0.3, -0.25) is 14.3 Å². The number of alkyl halides is 3. The van der Waals surface area contributed by atoms with Crippen molar-refractivity contribution in [1.82, 2.24) is 5.32 Å². The molecule has 23 heavy (non-hydrogen) atoms. The number of esters is 1. The third-order valence-corrected chi connectivity index (χ3v) is 4.86. The number of ether oxygens (including phenoxy) is 3. The highest BCUT2D eigenvalue weighted by Crippen LogP contribution is 2.67. The molecule has 6 nitrogen and oxygen atoms in total. The molecular formula is C14H18F3NO5. The number of carbonyl (C=O) groups excluding carboxylic acids is 2. The average molecular weight is 337 g/mol. The molecule has 4 rings (SSSR count). The Hall–Kier alpha value is -1.35. The van der Waals surface area contributed by atoms with Gasteiger partial charge >= 0.3 is 12.3 Å². The molecule has 130 valence electrons. The van der Waals surface area contributed by atoms with Crippen LogP contribution in [0.25, 0.3) is 0 Å². The number of rotatable bonds is 6. The third kappa shape index (κ3) is 3.16. The van der Waals surface area contributed by atoms with Crippen molar-refractivity contribution in [3.8, 4) is 0 Å². The minimum absolute atomic E-state index is 0.128. The number of methoxy groups -OCH3 is 1. The first-order chi connectivity index (χ1) is 10.7. The van der Waals surface area contributed by atoms with Gasteiger partial charge in [0.25, 0.3) is 0 Å². The van der Waals surface area contributed by atoms with Crippen molar-refractivity contribution in [1.29, 1.82) is 0 Å². The van der Waals surface area contributed by atoms with Crippen molar-refractivity contribution in [3.05, 3.63) is 0 Å². The molecule has 0 saturated heterocycles. The van der Waals surface area contributed by atoms with Crippen LogP contribution in [0.3, 0.4) is 0 Å². The highest BCUT2D eigenvalue weighted by Gasteiger charge is 2.73. The van der Waals surface area contributed by atoms with Crippen molar-refractivity contribution >= 4 is 11.9 Å². The molecule has 0 unspecified atom stereocenters. The van der Waals surface area contributed by atoms with Gasteiger partial charge in [-0.15, -0.1) is 13.2 Å². The Morgan fingerprint density at radius 1 is 1.17 bits per heavy atom. The van der Waals surface area contributed by atoms with Gasteiger partial charge < -0.3 is 14.8 Å².